The number of carbonyl (C=O) groups is 1. The number of aryl methyl sites for hydroxylation is 1. The highest BCUT2D eigenvalue weighted by Gasteiger charge is 2.11. The minimum absolute atomic E-state index is 0.0675. The topological polar surface area (TPSA) is 111 Å². The SMILES string of the molecule is O=C(CCCc1nc(-c2ccccc2)no1)Nc1cccc([N+](=O)[O-])c1. The number of rotatable bonds is 7. The van der Waals surface area contributed by atoms with Crippen molar-refractivity contribution in [3.8, 4) is 11.4 Å². The van der Waals surface area contributed by atoms with Gasteiger partial charge in [-0.1, -0.05) is 41.6 Å². The lowest BCUT2D eigenvalue weighted by Gasteiger charge is -2.04. The number of carbonyl (C=O) groups excluding carboxylic acids is 1. The predicted octanol–water partition coefficient (Wildman–Crippen LogP) is 3.61. The fourth-order valence-electron chi connectivity index (χ4n) is 2.38. The maximum absolute atomic E-state index is 12.0. The van der Waals surface area contributed by atoms with E-state index in [9.17, 15) is 14.9 Å². The molecule has 1 heterocycles. The molecule has 1 amide bonds. The lowest BCUT2D eigenvalue weighted by molar-refractivity contribution is -0.384. The molecular formula is C18H16N4O4. The average Bonchev–Trinajstić information content (AvgIpc) is 3.11. The highest BCUT2D eigenvalue weighted by Crippen LogP contribution is 2.18. The van der Waals surface area contributed by atoms with Crippen LogP contribution in [0.1, 0.15) is 18.7 Å². The number of aromatic nitrogens is 2. The van der Waals surface area contributed by atoms with Gasteiger partial charge >= 0.3 is 0 Å². The van der Waals surface area contributed by atoms with Gasteiger partial charge in [0.2, 0.25) is 17.6 Å². The number of benzene rings is 2. The van der Waals surface area contributed by atoms with Crippen LogP contribution < -0.4 is 5.32 Å². The van der Waals surface area contributed by atoms with E-state index in [1.807, 2.05) is 30.3 Å². The van der Waals surface area contributed by atoms with Crippen LogP contribution >= 0.6 is 0 Å². The van der Waals surface area contributed by atoms with Gasteiger partial charge in [0.05, 0.1) is 4.92 Å². The molecule has 1 aromatic heterocycles. The van der Waals surface area contributed by atoms with Crippen molar-refractivity contribution in [2.45, 2.75) is 19.3 Å². The zero-order valence-electron chi connectivity index (χ0n) is 13.8. The van der Waals surface area contributed by atoms with E-state index in [1.54, 1.807) is 6.07 Å². The average molecular weight is 352 g/mol. The molecule has 0 atom stereocenters. The third-order valence-electron chi connectivity index (χ3n) is 3.64. The summed E-state index contributed by atoms with van der Waals surface area (Å²) in [4.78, 5) is 26.5. The Kier molecular flexibility index (Phi) is 5.33. The minimum atomic E-state index is -0.504. The fourth-order valence-corrected chi connectivity index (χ4v) is 2.38. The molecule has 2 aromatic carbocycles. The summed E-state index contributed by atoms with van der Waals surface area (Å²) in [6, 6.07) is 15.3. The molecule has 132 valence electrons. The van der Waals surface area contributed by atoms with Gasteiger partial charge < -0.3 is 9.84 Å². The summed E-state index contributed by atoms with van der Waals surface area (Å²) in [5.41, 5.74) is 1.20. The molecule has 0 radical (unpaired) electrons. The molecule has 1 N–H and O–H groups in total. The maximum Gasteiger partial charge on any atom is 0.271 e. The Labute approximate surface area is 149 Å². The van der Waals surface area contributed by atoms with Crippen molar-refractivity contribution < 1.29 is 14.2 Å². The number of hydrogen-bond donors (Lipinski definition) is 1. The molecule has 0 saturated carbocycles. The Morgan fingerprint density at radius 1 is 1.15 bits per heavy atom. The molecule has 0 spiro atoms. The molecule has 8 nitrogen and oxygen atoms in total. The molecule has 8 heteroatoms. The van der Waals surface area contributed by atoms with E-state index in [-0.39, 0.29) is 18.0 Å². The van der Waals surface area contributed by atoms with E-state index in [1.165, 1.54) is 18.2 Å². The van der Waals surface area contributed by atoms with Crippen molar-refractivity contribution in [3.05, 3.63) is 70.6 Å². The fraction of sp³-hybridized carbons (Fsp3) is 0.167. The monoisotopic (exact) mass is 352 g/mol. The lowest BCUT2D eigenvalue weighted by Crippen LogP contribution is -2.11. The first kappa shape index (κ1) is 17.3. The quantitative estimate of drug-likeness (QED) is 0.513. The van der Waals surface area contributed by atoms with Crippen LogP contribution in [-0.2, 0) is 11.2 Å². The van der Waals surface area contributed by atoms with Gasteiger partial charge in [-0.25, -0.2) is 0 Å². The van der Waals surface area contributed by atoms with Gasteiger partial charge in [0.1, 0.15) is 0 Å². The Bertz CT molecular complexity index is 908. The van der Waals surface area contributed by atoms with Gasteiger partial charge in [-0.05, 0) is 12.5 Å². The zero-order chi connectivity index (χ0) is 18.4. The first-order valence-electron chi connectivity index (χ1n) is 8.04. The van der Waals surface area contributed by atoms with Crippen LogP contribution in [0.5, 0.6) is 0 Å². The zero-order valence-corrected chi connectivity index (χ0v) is 13.8. The maximum atomic E-state index is 12.0. The number of anilines is 1. The van der Waals surface area contributed by atoms with E-state index in [2.05, 4.69) is 15.5 Å². The third-order valence-corrected chi connectivity index (χ3v) is 3.64. The normalized spacial score (nSPS) is 10.5. The van der Waals surface area contributed by atoms with Crippen LogP contribution in [0, 0.1) is 10.1 Å². The van der Waals surface area contributed by atoms with E-state index in [0.29, 0.717) is 30.2 Å². The van der Waals surface area contributed by atoms with Crippen LogP contribution in [0.25, 0.3) is 11.4 Å². The number of nitro groups is 1. The predicted molar refractivity (Wildman–Crippen MR) is 94.4 cm³/mol. The Balaban J connectivity index is 1.49. The van der Waals surface area contributed by atoms with E-state index < -0.39 is 4.92 Å². The lowest BCUT2D eigenvalue weighted by atomic mass is 10.2. The van der Waals surface area contributed by atoms with Crippen molar-refractivity contribution in [1.29, 1.82) is 0 Å². The van der Waals surface area contributed by atoms with Crippen molar-refractivity contribution in [1.82, 2.24) is 10.1 Å². The van der Waals surface area contributed by atoms with Crippen LogP contribution in [0.2, 0.25) is 0 Å². The van der Waals surface area contributed by atoms with Crippen molar-refractivity contribution in [2.24, 2.45) is 0 Å². The molecule has 0 aliphatic carbocycles. The van der Waals surface area contributed by atoms with Gasteiger partial charge in [-0.15, -0.1) is 0 Å². The molecular weight excluding hydrogens is 336 g/mol. The first-order chi connectivity index (χ1) is 12.6. The van der Waals surface area contributed by atoms with Gasteiger partial charge in [-0.3, -0.25) is 14.9 Å². The first-order valence-corrected chi connectivity index (χ1v) is 8.04. The summed E-state index contributed by atoms with van der Waals surface area (Å²) in [6.45, 7) is 0. The molecule has 0 aliphatic rings. The third kappa shape index (κ3) is 4.50. The second kappa shape index (κ2) is 8.02. The van der Waals surface area contributed by atoms with Crippen molar-refractivity contribution in [3.63, 3.8) is 0 Å². The molecule has 26 heavy (non-hydrogen) atoms. The molecule has 0 unspecified atom stereocenters. The Hall–Kier alpha value is -3.55. The summed E-state index contributed by atoms with van der Waals surface area (Å²) < 4.78 is 5.19. The molecule has 0 saturated heterocycles. The molecule has 3 aromatic rings. The molecule has 0 aliphatic heterocycles. The highest BCUT2D eigenvalue weighted by atomic mass is 16.6. The van der Waals surface area contributed by atoms with Crippen LogP contribution in [-0.4, -0.2) is 21.0 Å². The van der Waals surface area contributed by atoms with Gasteiger partial charge in [0, 0.05) is 36.2 Å². The molecule has 0 fully saturated rings. The van der Waals surface area contributed by atoms with Gasteiger partial charge in [0.25, 0.3) is 5.69 Å². The highest BCUT2D eigenvalue weighted by molar-refractivity contribution is 5.90. The summed E-state index contributed by atoms with van der Waals surface area (Å²) in [5.74, 6) is 0.752. The van der Waals surface area contributed by atoms with E-state index >= 15 is 0 Å². The summed E-state index contributed by atoms with van der Waals surface area (Å²) in [5, 5.41) is 17.3. The number of nitrogens with zero attached hydrogens (tertiary/aromatic N) is 3. The van der Waals surface area contributed by atoms with Crippen molar-refractivity contribution >= 4 is 17.3 Å². The second-order valence-electron chi connectivity index (χ2n) is 5.59. The Morgan fingerprint density at radius 2 is 1.96 bits per heavy atom. The van der Waals surface area contributed by atoms with E-state index in [0.717, 1.165) is 5.56 Å². The Morgan fingerprint density at radius 3 is 2.73 bits per heavy atom. The number of non-ortho nitro benzene ring substituents is 1. The van der Waals surface area contributed by atoms with E-state index in [4.69, 9.17) is 4.52 Å². The summed E-state index contributed by atoms with van der Waals surface area (Å²) in [7, 11) is 0. The molecule has 3 rings (SSSR count). The second-order valence-corrected chi connectivity index (χ2v) is 5.59. The summed E-state index contributed by atoms with van der Waals surface area (Å²) >= 11 is 0. The largest absolute Gasteiger partial charge is 0.339 e. The minimum Gasteiger partial charge on any atom is -0.339 e. The van der Waals surface area contributed by atoms with Crippen LogP contribution in [0.3, 0.4) is 0 Å². The smallest absolute Gasteiger partial charge is 0.271 e. The standard InChI is InChI=1S/C18H16N4O4/c23-16(19-14-8-4-9-15(12-14)22(24)25)10-5-11-17-20-18(21-26-17)13-6-2-1-3-7-13/h1-4,6-9,12H,5,10-11H2,(H,19,23). The number of amides is 1. The van der Waals surface area contributed by atoms with Gasteiger partial charge in [-0.2, -0.15) is 4.98 Å². The van der Waals surface area contributed by atoms with Crippen molar-refractivity contribution in [2.75, 3.05) is 5.32 Å². The van der Waals surface area contributed by atoms with Gasteiger partial charge in [0.15, 0.2) is 0 Å². The number of nitrogens with one attached hydrogen (secondary N) is 1. The molecule has 0 bridgehead atoms. The van der Waals surface area contributed by atoms with Crippen LogP contribution in [0.15, 0.2) is 59.1 Å². The number of hydrogen-bond acceptors (Lipinski definition) is 6. The summed E-state index contributed by atoms with van der Waals surface area (Å²) in [6.07, 6.45) is 1.24. The van der Waals surface area contributed by atoms with Crippen LogP contribution in [0.4, 0.5) is 11.4 Å². The number of nitro benzene ring substituents is 1.